The predicted octanol–water partition coefficient (Wildman–Crippen LogP) is 4.03. The predicted molar refractivity (Wildman–Crippen MR) is 83.2 cm³/mol. The van der Waals surface area contributed by atoms with Gasteiger partial charge in [-0.2, -0.15) is 0 Å². The fourth-order valence-corrected chi connectivity index (χ4v) is 3.13. The third-order valence-corrected chi connectivity index (χ3v) is 4.83. The van der Waals surface area contributed by atoms with Gasteiger partial charge in [0.25, 0.3) is 0 Å². The van der Waals surface area contributed by atoms with Crippen LogP contribution in [0.15, 0.2) is 42.5 Å². The summed E-state index contributed by atoms with van der Waals surface area (Å²) in [4.78, 5) is 0. The number of rotatable bonds is 2. The smallest absolute Gasteiger partial charge is 0.120 e. The lowest BCUT2D eigenvalue weighted by molar-refractivity contribution is 0.218. The van der Waals surface area contributed by atoms with Crippen molar-refractivity contribution in [1.29, 1.82) is 0 Å². The molecule has 2 nitrogen and oxygen atoms in total. The first kappa shape index (κ1) is 12.2. The molecule has 1 fully saturated rings. The fourth-order valence-electron chi connectivity index (χ4n) is 2.46. The molecule has 0 spiro atoms. The Bertz CT molecular complexity index is 547. The Labute approximate surface area is 121 Å². The summed E-state index contributed by atoms with van der Waals surface area (Å²) in [5, 5.41) is 2.51. The van der Waals surface area contributed by atoms with E-state index in [9.17, 15) is 0 Å². The van der Waals surface area contributed by atoms with E-state index in [1.54, 1.807) is 0 Å². The Morgan fingerprint density at radius 2 is 1.94 bits per heavy atom. The highest BCUT2D eigenvalue weighted by Gasteiger charge is 2.28. The number of ether oxygens (including phenoxy) is 1. The molecule has 18 heavy (non-hydrogen) atoms. The summed E-state index contributed by atoms with van der Waals surface area (Å²) in [7, 11) is 0. The number of hydrogen-bond acceptors (Lipinski definition) is 2. The lowest BCUT2D eigenvalue weighted by atomic mass is 10.1. The van der Waals surface area contributed by atoms with Crippen LogP contribution < -0.4 is 4.74 Å². The lowest BCUT2D eigenvalue weighted by Gasteiger charge is -2.13. The van der Waals surface area contributed by atoms with Gasteiger partial charge in [0.15, 0.2) is 0 Å². The van der Waals surface area contributed by atoms with Gasteiger partial charge in [0.05, 0.1) is 0 Å². The van der Waals surface area contributed by atoms with E-state index in [1.807, 2.05) is 0 Å². The lowest BCUT2D eigenvalue weighted by Crippen LogP contribution is -2.19. The van der Waals surface area contributed by atoms with Gasteiger partial charge in [0.1, 0.15) is 11.9 Å². The van der Waals surface area contributed by atoms with Crippen molar-refractivity contribution in [3.8, 4) is 5.75 Å². The molecule has 0 saturated carbocycles. The van der Waals surface area contributed by atoms with Gasteiger partial charge in [0.2, 0.25) is 0 Å². The Morgan fingerprint density at radius 1 is 1.17 bits per heavy atom. The van der Waals surface area contributed by atoms with E-state index in [4.69, 9.17) is 4.74 Å². The van der Waals surface area contributed by atoms with Crippen molar-refractivity contribution in [2.45, 2.75) is 25.5 Å². The molecule has 0 radical (unpaired) electrons. The summed E-state index contributed by atoms with van der Waals surface area (Å²) >= 11 is 2.38. The Balaban J connectivity index is 1.79. The molecular formula is C15H16INO. The normalized spacial score (nSPS) is 24.6. The summed E-state index contributed by atoms with van der Waals surface area (Å²) in [5.74, 6) is 0.984. The molecule has 3 heteroatoms. The molecule has 0 aromatic heterocycles. The van der Waals surface area contributed by atoms with Gasteiger partial charge >= 0.3 is 0 Å². The van der Waals surface area contributed by atoms with E-state index in [-0.39, 0.29) is 0 Å². The van der Waals surface area contributed by atoms with Crippen molar-refractivity contribution in [3.05, 3.63) is 42.5 Å². The van der Waals surface area contributed by atoms with Crippen molar-refractivity contribution in [2.24, 2.45) is 0 Å². The van der Waals surface area contributed by atoms with Crippen LogP contribution in [0.3, 0.4) is 0 Å². The van der Waals surface area contributed by atoms with Crippen LogP contribution in [-0.4, -0.2) is 21.8 Å². The molecule has 1 saturated heterocycles. The topological polar surface area (TPSA) is 12.5 Å². The molecule has 94 valence electrons. The van der Waals surface area contributed by atoms with Crippen LogP contribution in [-0.2, 0) is 0 Å². The maximum Gasteiger partial charge on any atom is 0.120 e. The molecule has 0 N–H and O–H groups in total. The minimum Gasteiger partial charge on any atom is -0.489 e. The minimum absolute atomic E-state index is 0.318. The highest BCUT2D eigenvalue weighted by atomic mass is 127. The Kier molecular flexibility index (Phi) is 3.43. The third kappa shape index (κ3) is 2.47. The first-order valence-corrected chi connectivity index (χ1v) is 7.27. The average molecular weight is 353 g/mol. The van der Waals surface area contributed by atoms with Crippen LogP contribution in [0.5, 0.6) is 5.75 Å². The summed E-state index contributed by atoms with van der Waals surface area (Å²) in [6.07, 6.45) is 1.42. The van der Waals surface area contributed by atoms with Crippen LogP contribution in [0, 0.1) is 0 Å². The second kappa shape index (κ2) is 5.05. The zero-order chi connectivity index (χ0) is 12.5. The molecule has 2 aromatic rings. The standard InChI is InChI=1S/C15H16INO/c1-11-8-15(10-17(11)16)18-14-7-6-12-4-2-3-5-13(12)9-14/h2-7,9,11,15H,8,10H2,1H3. The van der Waals surface area contributed by atoms with E-state index in [0.29, 0.717) is 12.1 Å². The molecule has 0 bridgehead atoms. The number of fused-ring (bicyclic) bond motifs is 1. The fraction of sp³-hybridized carbons (Fsp3) is 0.333. The number of benzene rings is 2. The quantitative estimate of drug-likeness (QED) is 0.597. The van der Waals surface area contributed by atoms with Gasteiger partial charge in [-0.25, -0.2) is 3.11 Å². The second-order valence-electron chi connectivity index (χ2n) is 4.92. The van der Waals surface area contributed by atoms with E-state index >= 15 is 0 Å². The molecule has 2 unspecified atom stereocenters. The third-order valence-electron chi connectivity index (χ3n) is 3.48. The number of halogens is 1. The van der Waals surface area contributed by atoms with Crippen LogP contribution >= 0.6 is 22.9 Å². The maximum atomic E-state index is 6.08. The highest BCUT2D eigenvalue weighted by molar-refractivity contribution is 14.1. The summed E-state index contributed by atoms with van der Waals surface area (Å²) < 4.78 is 8.40. The Hall–Kier alpha value is -0.810. The molecule has 0 amide bonds. The van der Waals surface area contributed by atoms with Crippen molar-refractivity contribution < 1.29 is 4.74 Å². The van der Waals surface area contributed by atoms with Crippen LogP contribution in [0.4, 0.5) is 0 Å². The molecule has 1 heterocycles. The summed E-state index contributed by atoms with van der Waals surface area (Å²) in [6, 6.07) is 15.3. The highest BCUT2D eigenvalue weighted by Crippen LogP contribution is 2.27. The number of hydrogen-bond donors (Lipinski definition) is 0. The van der Waals surface area contributed by atoms with Crippen molar-refractivity contribution >= 4 is 33.6 Å². The average Bonchev–Trinajstić information content (AvgIpc) is 2.68. The Morgan fingerprint density at radius 3 is 2.67 bits per heavy atom. The van der Waals surface area contributed by atoms with Crippen LogP contribution in [0.2, 0.25) is 0 Å². The van der Waals surface area contributed by atoms with Crippen molar-refractivity contribution in [3.63, 3.8) is 0 Å². The molecule has 0 aliphatic carbocycles. The van der Waals surface area contributed by atoms with E-state index in [1.165, 1.54) is 10.8 Å². The van der Waals surface area contributed by atoms with Crippen molar-refractivity contribution in [2.75, 3.05) is 6.54 Å². The van der Waals surface area contributed by atoms with E-state index in [2.05, 4.69) is 75.4 Å². The molecule has 1 aliphatic rings. The molecule has 2 aromatic carbocycles. The van der Waals surface area contributed by atoms with Crippen LogP contribution in [0.1, 0.15) is 13.3 Å². The zero-order valence-electron chi connectivity index (χ0n) is 10.3. The molecular weight excluding hydrogens is 337 g/mol. The first-order chi connectivity index (χ1) is 8.72. The molecule has 3 rings (SSSR count). The largest absolute Gasteiger partial charge is 0.489 e. The van der Waals surface area contributed by atoms with Gasteiger partial charge in [0, 0.05) is 41.9 Å². The molecule has 2 atom stereocenters. The van der Waals surface area contributed by atoms with Crippen LogP contribution in [0.25, 0.3) is 10.8 Å². The maximum absolute atomic E-state index is 6.08. The molecule has 1 aliphatic heterocycles. The summed E-state index contributed by atoms with van der Waals surface area (Å²) in [6.45, 7) is 3.25. The number of nitrogens with zero attached hydrogens (tertiary/aromatic N) is 1. The SMILES string of the molecule is CC1CC(Oc2ccc3ccccc3c2)CN1I. The van der Waals surface area contributed by atoms with Gasteiger partial charge in [-0.05, 0) is 29.8 Å². The van der Waals surface area contributed by atoms with Gasteiger partial charge in [-0.3, -0.25) is 0 Å². The van der Waals surface area contributed by atoms with Gasteiger partial charge < -0.3 is 4.74 Å². The van der Waals surface area contributed by atoms with Crippen molar-refractivity contribution in [1.82, 2.24) is 3.11 Å². The van der Waals surface area contributed by atoms with E-state index in [0.717, 1.165) is 18.7 Å². The van der Waals surface area contributed by atoms with Gasteiger partial charge in [-0.1, -0.05) is 30.3 Å². The first-order valence-electron chi connectivity index (χ1n) is 6.30. The van der Waals surface area contributed by atoms with Gasteiger partial charge in [-0.15, -0.1) is 0 Å². The minimum atomic E-state index is 0.318. The van der Waals surface area contributed by atoms with E-state index < -0.39 is 0 Å². The second-order valence-corrected chi connectivity index (χ2v) is 6.16. The zero-order valence-corrected chi connectivity index (χ0v) is 12.5. The monoisotopic (exact) mass is 353 g/mol. The summed E-state index contributed by atoms with van der Waals surface area (Å²) in [5.41, 5.74) is 0.